The highest BCUT2D eigenvalue weighted by Crippen LogP contribution is 2.26. The van der Waals surface area contributed by atoms with E-state index >= 15 is 0 Å². The molecule has 1 aliphatic carbocycles. The molecule has 1 fully saturated rings. The molecule has 108 valence electrons. The van der Waals surface area contributed by atoms with E-state index in [0.717, 1.165) is 19.4 Å². The molecule has 1 saturated carbocycles. The summed E-state index contributed by atoms with van der Waals surface area (Å²) in [6.07, 6.45) is 6.20. The monoisotopic (exact) mass is 257 g/mol. The summed E-state index contributed by atoms with van der Waals surface area (Å²) >= 11 is 0. The molecule has 2 N–H and O–H groups in total. The molecule has 0 aliphatic heterocycles. The van der Waals surface area contributed by atoms with Crippen LogP contribution >= 0.6 is 0 Å². The topological polar surface area (TPSA) is 41.5 Å². The van der Waals surface area contributed by atoms with Crippen molar-refractivity contribution >= 4 is 0 Å². The number of nitrogens with one attached hydrogen (secondary N) is 1. The van der Waals surface area contributed by atoms with Gasteiger partial charge in [0.25, 0.3) is 0 Å². The summed E-state index contributed by atoms with van der Waals surface area (Å²) in [4.78, 5) is 0. The van der Waals surface area contributed by atoms with Crippen LogP contribution in [-0.2, 0) is 4.74 Å². The molecule has 0 radical (unpaired) electrons. The third-order valence-corrected chi connectivity index (χ3v) is 3.81. The van der Waals surface area contributed by atoms with Crippen molar-refractivity contribution < 1.29 is 9.84 Å². The number of ether oxygens (including phenoxy) is 1. The summed E-state index contributed by atoms with van der Waals surface area (Å²) in [7, 11) is 0. The Hall–Kier alpha value is -0.120. The van der Waals surface area contributed by atoms with Crippen LogP contribution in [0.2, 0.25) is 0 Å². The average Bonchev–Trinajstić information content (AvgIpc) is 2.33. The fourth-order valence-corrected chi connectivity index (χ4v) is 2.48. The van der Waals surface area contributed by atoms with Crippen molar-refractivity contribution in [3.8, 4) is 0 Å². The van der Waals surface area contributed by atoms with E-state index in [0.29, 0.717) is 31.1 Å². The van der Waals surface area contributed by atoms with Crippen LogP contribution < -0.4 is 5.32 Å². The second kappa shape index (κ2) is 8.89. The molecule has 0 spiro atoms. The van der Waals surface area contributed by atoms with Crippen LogP contribution in [0.25, 0.3) is 0 Å². The third kappa shape index (κ3) is 6.72. The van der Waals surface area contributed by atoms with Crippen LogP contribution in [0.4, 0.5) is 0 Å². The van der Waals surface area contributed by atoms with Crippen molar-refractivity contribution in [1.29, 1.82) is 0 Å². The van der Waals surface area contributed by atoms with Gasteiger partial charge in [-0.3, -0.25) is 0 Å². The predicted octanol–water partition coefficient (Wildman–Crippen LogP) is 2.58. The SMILES string of the molecule is CC(C)CCNCC(O)COC1CCCCC1C. The fraction of sp³-hybridized carbons (Fsp3) is 1.00. The predicted molar refractivity (Wildman–Crippen MR) is 75.7 cm³/mol. The number of hydrogen-bond acceptors (Lipinski definition) is 3. The van der Waals surface area contributed by atoms with Gasteiger partial charge in [-0.2, -0.15) is 0 Å². The summed E-state index contributed by atoms with van der Waals surface area (Å²) in [6, 6.07) is 0. The van der Waals surface area contributed by atoms with Gasteiger partial charge in [0.1, 0.15) is 0 Å². The Morgan fingerprint density at radius 2 is 2.00 bits per heavy atom. The maximum absolute atomic E-state index is 9.84. The molecule has 3 unspecified atom stereocenters. The maximum atomic E-state index is 9.84. The summed E-state index contributed by atoms with van der Waals surface area (Å²) in [5.41, 5.74) is 0. The van der Waals surface area contributed by atoms with Gasteiger partial charge in [-0.05, 0) is 37.6 Å². The van der Waals surface area contributed by atoms with E-state index in [1.54, 1.807) is 0 Å². The molecule has 0 aromatic heterocycles. The van der Waals surface area contributed by atoms with E-state index in [-0.39, 0.29) is 6.10 Å². The van der Waals surface area contributed by atoms with Crippen molar-refractivity contribution in [2.45, 2.75) is 65.1 Å². The van der Waals surface area contributed by atoms with Crippen LogP contribution in [0.15, 0.2) is 0 Å². The molecule has 0 amide bonds. The minimum Gasteiger partial charge on any atom is -0.389 e. The Kier molecular flexibility index (Phi) is 7.87. The van der Waals surface area contributed by atoms with Crippen molar-refractivity contribution in [3.63, 3.8) is 0 Å². The Labute approximate surface area is 112 Å². The Bertz CT molecular complexity index is 209. The van der Waals surface area contributed by atoms with Gasteiger partial charge in [0, 0.05) is 6.54 Å². The minimum atomic E-state index is -0.369. The zero-order chi connectivity index (χ0) is 13.4. The van der Waals surface area contributed by atoms with E-state index < -0.39 is 0 Å². The molecule has 0 saturated heterocycles. The quantitative estimate of drug-likeness (QED) is 0.657. The van der Waals surface area contributed by atoms with Crippen molar-refractivity contribution in [2.24, 2.45) is 11.8 Å². The molecule has 0 aromatic carbocycles. The zero-order valence-electron chi connectivity index (χ0n) is 12.3. The lowest BCUT2D eigenvalue weighted by Crippen LogP contribution is -2.35. The molecule has 3 nitrogen and oxygen atoms in total. The lowest BCUT2D eigenvalue weighted by atomic mass is 9.88. The Morgan fingerprint density at radius 3 is 2.67 bits per heavy atom. The first-order chi connectivity index (χ1) is 8.59. The molecule has 1 aliphatic rings. The highest BCUT2D eigenvalue weighted by atomic mass is 16.5. The average molecular weight is 257 g/mol. The lowest BCUT2D eigenvalue weighted by molar-refractivity contribution is -0.0451. The van der Waals surface area contributed by atoms with Crippen LogP contribution in [0.1, 0.15) is 52.9 Å². The number of aliphatic hydroxyl groups is 1. The van der Waals surface area contributed by atoms with Gasteiger partial charge < -0.3 is 15.2 Å². The highest BCUT2D eigenvalue weighted by molar-refractivity contribution is 4.73. The van der Waals surface area contributed by atoms with Gasteiger partial charge in [-0.1, -0.05) is 33.6 Å². The van der Waals surface area contributed by atoms with E-state index in [4.69, 9.17) is 4.74 Å². The first-order valence-corrected chi connectivity index (χ1v) is 7.60. The second-order valence-electron chi connectivity index (χ2n) is 6.17. The number of rotatable bonds is 8. The molecule has 18 heavy (non-hydrogen) atoms. The van der Waals surface area contributed by atoms with Crippen LogP contribution in [0.5, 0.6) is 0 Å². The van der Waals surface area contributed by atoms with Gasteiger partial charge in [0.2, 0.25) is 0 Å². The summed E-state index contributed by atoms with van der Waals surface area (Å²) in [5.74, 6) is 1.37. The highest BCUT2D eigenvalue weighted by Gasteiger charge is 2.22. The van der Waals surface area contributed by atoms with Crippen molar-refractivity contribution in [1.82, 2.24) is 5.32 Å². The summed E-state index contributed by atoms with van der Waals surface area (Å²) in [5, 5.41) is 13.1. The lowest BCUT2D eigenvalue weighted by Gasteiger charge is -2.29. The summed E-state index contributed by atoms with van der Waals surface area (Å²) in [6.45, 7) is 8.79. The number of aliphatic hydroxyl groups excluding tert-OH is 1. The summed E-state index contributed by atoms with van der Waals surface area (Å²) < 4.78 is 5.85. The Balaban J connectivity index is 2.03. The Morgan fingerprint density at radius 1 is 1.28 bits per heavy atom. The molecule has 0 bridgehead atoms. The molecular formula is C15H31NO2. The first kappa shape index (κ1) is 15.9. The smallest absolute Gasteiger partial charge is 0.0897 e. The molecule has 0 heterocycles. The minimum absolute atomic E-state index is 0.365. The van der Waals surface area contributed by atoms with E-state index in [1.807, 2.05) is 0 Å². The molecule has 3 heteroatoms. The van der Waals surface area contributed by atoms with Crippen LogP contribution in [0, 0.1) is 11.8 Å². The second-order valence-corrected chi connectivity index (χ2v) is 6.17. The standard InChI is InChI=1S/C15H31NO2/c1-12(2)8-9-16-10-14(17)11-18-15-7-5-4-6-13(15)3/h12-17H,4-11H2,1-3H3. The van der Waals surface area contributed by atoms with Crippen molar-refractivity contribution in [2.75, 3.05) is 19.7 Å². The van der Waals surface area contributed by atoms with Gasteiger partial charge in [-0.25, -0.2) is 0 Å². The maximum Gasteiger partial charge on any atom is 0.0897 e. The van der Waals surface area contributed by atoms with Gasteiger partial charge in [-0.15, -0.1) is 0 Å². The van der Waals surface area contributed by atoms with Crippen molar-refractivity contribution in [3.05, 3.63) is 0 Å². The van der Waals surface area contributed by atoms with Crippen LogP contribution in [0.3, 0.4) is 0 Å². The molecule has 3 atom stereocenters. The van der Waals surface area contributed by atoms with Crippen LogP contribution in [-0.4, -0.2) is 37.0 Å². The third-order valence-electron chi connectivity index (χ3n) is 3.81. The van der Waals surface area contributed by atoms with Gasteiger partial charge in [0.15, 0.2) is 0 Å². The van der Waals surface area contributed by atoms with Gasteiger partial charge in [0.05, 0.1) is 18.8 Å². The molecule has 0 aromatic rings. The molecular weight excluding hydrogens is 226 g/mol. The van der Waals surface area contributed by atoms with E-state index in [2.05, 4.69) is 26.1 Å². The number of hydrogen-bond donors (Lipinski definition) is 2. The normalized spacial score (nSPS) is 26.5. The fourth-order valence-electron chi connectivity index (χ4n) is 2.48. The molecule has 1 rings (SSSR count). The van der Waals surface area contributed by atoms with E-state index in [9.17, 15) is 5.11 Å². The largest absolute Gasteiger partial charge is 0.389 e. The van der Waals surface area contributed by atoms with Gasteiger partial charge >= 0.3 is 0 Å². The first-order valence-electron chi connectivity index (χ1n) is 7.60. The zero-order valence-corrected chi connectivity index (χ0v) is 12.3. The van der Waals surface area contributed by atoms with E-state index in [1.165, 1.54) is 19.3 Å².